The molecule has 3 aromatic rings. The summed E-state index contributed by atoms with van der Waals surface area (Å²) in [6.07, 6.45) is 11.6. The van der Waals surface area contributed by atoms with E-state index in [0.717, 1.165) is 16.7 Å². The van der Waals surface area contributed by atoms with Gasteiger partial charge in [-0.3, -0.25) is 0 Å². The Morgan fingerprint density at radius 3 is 2.53 bits per heavy atom. The molecule has 1 aliphatic rings. The molecule has 4 rings (SSSR count). The topological polar surface area (TPSA) is 50.8 Å². The van der Waals surface area contributed by atoms with Crippen LogP contribution >= 0.6 is 0 Å². The van der Waals surface area contributed by atoms with E-state index in [1.165, 1.54) is 0 Å². The van der Waals surface area contributed by atoms with E-state index in [2.05, 4.69) is 47.5 Å². The van der Waals surface area contributed by atoms with E-state index < -0.39 is 5.41 Å². The fraction of sp³-hybridized carbons (Fsp3) is 0.231. The number of nitrogens with zero attached hydrogens (tertiary/aromatic N) is 3. The van der Waals surface area contributed by atoms with Gasteiger partial charge < -0.3 is 9.30 Å². The highest BCUT2D eigenvalue weighted by atomic mass is 16.5. The van der Waals surface area contributed by atoms with E-state index in [-0.39, 0.29) is 12.0 Å². The molecule has 4 nitrogen and oxygen atoms in total. The number of allylic oxidation sites excluding steroid dienone is 2. The van der Waals surface area contributed by atoms with Crippen LogP contribution in [0.15, 0.2) is 103 Å². The van der Waals surface area contributed by atoms with Gasteiger partial charge in [0.2, 0.25) is 0 Å². The molecule has 1 heterocycles. The molecule has 0 amide bonds. The first kappa shape index (κ1) is 19.9. The average Bonchev–Trinajstić information content (AvgIpc) is 3.31. The quantitative estimate of drug-likeness (QED) is 0.547. The monoisotopic (exact) mass is 395 g/mol. The third kappa shape index (κ3) is 4.42. The van der Waals surface area contributed by atoms with Crippen molar-refractivity contribution >= 4 is 0 Å². The molecule has 0 N–H and O–H groups in total. The normalized spacial score (nSPS) is 21.6. The van der Waals surface area contributed by atoms with Crippen LogP contribution in [0.4, 0.5) is 0 Å². The molecule has 3 unspecified atom stereocenters. The van der Waals surface area contributed by atoms with Crippen LogP contribution < -0.4 is 0 Å². The summed E-state index contributed by atoms with van der Waals surface area (Å²) in [5.41, 5.74) is 2.76. The molecule has 0 bridgehead atoms. The van der Waals surface area contributed by atoms with Crippen LogP contribution in [-0.4, -0.2) is 15.7 Å². The Bertz CT molecular complexity index is 1050. The van der Waals surface area contributed by atoms with Gasteiger partial charge in [-0.25, -0.2) is 4.98 Å². The predicted octanol–water partition coefficient (Wildman–Crippen LogP) is 5.28. The Hall–Kier alpha value is -3.42. The number of rotatable bonds is 7. The highest BCUT2D eigenvalue weighted by molar-refractivity contribution is 5.42. The average molecular weight is 396 g/mol. The second-order valence-electron chi connectivity index (χ2n) is 7.83. The summed E-state index contributed by atoms with van der Waals surface area (Å²) < 4.78 is 8.40. The van der Waals surface area contributed by atoms with Crippen LogP contribution in [0, 0.1) is 16.7 Å². The van der Waals surface area contributed by atoms with Crippen molar-refractivity contribution in [3.05, 3.63) is 114 Å². The minimum absolute atomic E-state index is 0.0330. The lowest BCUT2D eigenvalue weighted by Crippen LogP contribution is -2.28. The number of benzene rings is 2. The molecule has 4 heteroatoms. The van der Waals surface area contributed by atoms with Crippen molar-refractivity contribution < 1.29 is 4.74 Å². The van der Waals surface area contributed by atoms with Gasteiger partial charge in [0.15, 0.2) is 0 Å². The number of aromatic nitrogens is 2. The Balaban J connectivity index is 1.64. The van der Waals surface area contributed by atoms with E-state index in [9.17, 15) is 5.26 Å². The summed E-state index contributed by atoms with van der Waals surface area (Å²) in [7, 11) is 0. The molecule has 2 aromatic carbocycles. The number of nitriles is 1. The standard InChI is InChI=1S/C26H25N3O/c1-26(19-27)13-12-23(16-24(26)22-10-6-3-7-11-22)25(17-29-15-14-28-20-29)30-18-21-8-4-2-5-9-21/h2-16,20,24-25H,17-18H2,1H3. The smallest absolute Gasteiger partial charge is 0.101 e. The number of hydrogen-bond acceptors (Lipinski definition) is 3. The van der Waals surface area contributed by atoms with Crippen LogP contribution in [0.5, 0.6) is 0 Å². The molecule has 0 radical (unpaired) electrons. The summed E-state index contributed by atoms with van der Waals surface area (Å²) in [5, 5.41) is 9.89. The van der Waals surface area contributed by atoms with Gasteiger partial charge in [0, 0.05) is 18.3 Å². The highest BCUT2D eigenvalue weighted by Crippen LogP contribution is 2.42. The fourth-order valence-electron chi connectivity index (χ4n) is 3.83. The van der Waals surface area contributed by atoms with Crippen molar-refractivity contribution in [2.75, 3.05) is 0 Å². The zero-order chi connectivity index (χ0) is 20.8. The maximum absolute atomic E-state index is 9.89. The van der Waals surface area contributed by atoms with Crippen LogP contribution in [0.1, 0.15) is 24.0 Å². The molecule has 0 spiro atoms. The van der Waals surface area contributed by atoms with Gasteiger partial charge >= 0.3 is 0 Å². The SMILES string of the molecule is CC1(C#N)C=CC(C(Cn2ccnc2)OCc2ccccc2)=CC1c1ccccc1. The third-order valence-corrected chi connectivity index (χ3v) is 5.63. The van der Waals surface area contributed by atoms with Crippen LogP contribution in [0.25, 0.3) is 0 Å². The molecule has 3 atom stereocenters. The first-order valence-electron chi connectivity index (χ1n) is 10.2. The number of imidazole rings is 1. The zero-order valence-corrected chi connectivity index (χ0v) is 17.1. The first-order chi connectivity index (χ1) is 14.7. The molecule has 0 fully saturated rings. The van der Waals surface area contributed by atoms with Crippen molar-refractivity contribution in [2.45, 2.75) is 32.1 Å². The van der Waals surface area contributed by atoms with Crippen molar-refractivity contribution in [1.29, 1.82) is 5.26 Å². The van der Waals surface area contributed by atoms with E-state index in [4.69, 9.17) is 4.74 Å². The minimum atomic E-state index is -0.593. The van der Waals surface area contributed by atoms with Crippen molar-refractivity contribution in [3.8, 4) is 6.07 Å². The predicted molar refractivity (Wildman–Crippen MR) is 117 cm³/mol. The maximum atomic E-state index is 9.89. The second-order valence-corrected chi connectivity index (χ2v) is 7.83. The summed E-state index contributed by atoms with van der Waals surface area (Å²) in [6.45, 7) is 3.18. The summed E-state index contributed by atoms with van der Waals surface area (Å²) in [4.78, 5) is 4.16. The Morgan fingerprint density at radius 1 is 1.13 bits per heavy atom. The Kier molecular flexibility index (Phi) is 5.92. The minimum Gasteiger partial charge on any atom is -0.367 e. The lowest BCUT2D eigenvalue weighted by atomic mass is 9.70. The van der Waals surface area contributed by atoms with E-state index >= 15 is 0 Å². The number of hydrogen-bond donors (Lipinski definition) is 0. The molecule has 0 saturated heterocycles. The number of ether oxygens (including phenoxy) is 1. The van der Waals surface area contributed by atoms with Crippen LogP contribution in [-0.2, 0) is 17.9 Å². The Labute approximate surface area is 177 Å². The van der Waals surface area contributed by atoms with Gasteiger partial charge in [0.05, 0.1) is 31.0 Å². The first-order valence-corrected chi connectivity index (χ1v) is 10.2. The summed E-state index contributed by atoms with van der Waals surface area (Å²) >= 11 is 0. The largest absolute Gasteiger partial charge is 0.367 e. The zero-order valence-electron chi connectivity index (χ0n) is 17.1. The summed E-state index contributed by atoms with van der Waals surface area (Å²) in [5.74, 6) is -0.0330. The van der Waals surface area contributed by atoms with E-state index in [0.29, 0.717) is 13.2 Å². The summed E-state index contributed by atoms with van der Waals surface area (Å²) in [6, 6.07) is 22.9. The lowest BCUT2D eigenvalue weighted by Gasteiger charge is -2.33. The fourth-order valence-corrected chi connectivity index (χ4v) is 3.83. The molecular formula is C26H25N3O. The van der Waals surface area contributed by atoms with Gasteiger partial charge in [0.1, 0.15) is 6.10 Å². The van der Waals surface area contributed by atoms with Crippen LogP contribution in [0.3, 0.4) is 0 Å². The van der Waals surface area contributed by atoms with E-state index in [1.54, 1.807) is 12.5 Å². The van der Waals surface area contributed by atoms with Gasteiger partial charge in [-0.15, -0.1) is 0 Å². The molecule has 1 aromatic heterocycles. The highest BCUT2D eigenvalue weighted by Gasteiger charge is 2.35. The van der Waals surface area contributed by atoms with Gasteiger partial charge in [-0.1, -0.05) is 78.9 Å². The van der Waals surface area contributed by atoms with Crippen molar-refractivity contribution in [1.82, 2.24) is 9.55 Å². The molecule has 0 aliphatic heterocycles. The van der Waals surface area contributed by atoms with E-state index in [1.807, 2.05) is 60.2 Å². The molecule has 1 aliphatic carbocycles. The molecular weight excluding hydrogens is 370 g/mol. The van der Waals surface area contributed by atoms with Crippen molar-refractivity contribution in [3.63, 3.8) is 0 Å². The molecule has 150 valence electrons. The second kappa shape index (κ2) is 8.94. The van der Waals surface area contributed by atoms with Gasteiger partial charge in [0.25, 0.3) is 0 Å². The Morgan fingerprint density at radius 2 is 1.87 bits per heavy atom. The molecule has 0 saturated carbocycles. The van der Waals surface area contributed by atoms with Crippen LogP contribution in [0.2, 0.25) is 0 Å². The lowest BCUT2D eigenvalue weighted by molar-refractivity contribution is 0.0545. The molecule has 30 heavy (non-hydrogen) atoms. The van der Waals surface area contributed by atoms with Gasteiger partial charge in [-0.05, 0) is 23.6 Å². The third-order valence-electron chi connectivity index (χ3n) is 5.63. The maximum Gasteiger partial charge on any atom is 0.101 e. The van der Waals surface area contributed by atoms with Gasteiger partial charge in [-0.2, -0.15) is 5.26 Å². The van der Waals surface area contributed by atoms with Crippen molar-refractivity contribution in [2.24, 2.45) is 5.41 Å².